The van der Waals surface area contributed by atoms with Crippen LogP contribution in [-0.4, -0.2) is 45.4 Å². The average molecular weight is 566 g/mol. The lowest BCUT2D eigenvalue weighted by molar-refractivity contribution is 0.288. The van der Waals surface area contributed by atoms with Gasteiger partial charge in [-0.25, -0.2) is 4.98 Å². The van der Waals surface area contributed by atoms with Crippen molar-refractivity contribution >= 4 is 51.2 Å². The summed E-state index contributed by atoms with van der Waals surface area (Å²) < 4.78 is 17.0. The maximum Gasteiger partial charge on any atom is 0.163 e. The summed E-state index contributed by atoms with van der Waals surface area (Å²) in [4.78, 5) is 4.47. The molecule has 1 aromatic heterocycles. The summed E-state index contributed by atoms with van der Waals surface area (Å²) in [6.45, 7) is 2.97. The molecular weight excluding hydrogens is 537 g/mol. The molecule has 0 aliphatic heterocycles. The number of ether oxygens (including phenoxy) is 3. The largest absolute Gasteiger partial charge is 0.495 e. The second-order valence-electron chi connectivity index (χ2n) is 8.52. The number of nitrogens with zero attached hydrogens (tertiary/aromatic N) is 2. The molecule has 0 aliphatic carbocycles. The number of rotatable bonds is 13. The van der Waals surface area contributed by atoms with Gasteiger partial charge >= 0.3 is 0 Å². The minimum Gasteiger partial charge on any atom is -0.495 e. The number of methoxy groups -OCH3 is 2. The van der Waals surface area contributed by atoms with Crippen LogP contribution in [0.5, 0.6) is 17.2 Å². The van der Waals surface area contributed by atoms with Gasteiger partial charge < -0.3 is 30.2 Å². The lowest BCUT2D eigenvalue weighted by Gasteiger charge is -2.16. The Morgan fingerprint density at radius 3 is 2.38 bits per heavy atom. The molecule has 0 bridgehead atoms. The lowest BCUT2D eigenvalue weighted by atomic mass is 10.1. The molecule has 0 atom stereocenters. The zero-order valence-corrected chi connectivity index (χ0v) is 23.2. The van der Waals surface area contributed by atoms with E-state index in [1.54, 1.807) is 31.4 Å². The smallest absolute Gasteiger partial charge is 0.163 e. The van der Waals surface area contributed by atoms with Gasteiger partial charge in [-0.3, -0.25) is 0 Å². The summed E-state index contributed by atoms with van der Waals surface area (Å²) in [5.41, 5.74) is 3.12. The van der Waals surface area contributed by atoms with Gasteiger partial charge in [0.05, 0.1) is 47.8 Å². The Morgan fingerprint density at radius 1 is 0.846 bits per heavy atom. The van der Waals surface area contributed by atoms with Crippen LogP contribution in [-0.2, 0) is 0 Å². The van der Waals surface area contributed by atoms with E-state index in [1.807, 2.05) is 36.4 Å². The van der Waals surface area contributed by atoms with Gasteiger partial charge in [0.15, 0.2) is 11.5 Å². The normalized spacial score (nSPS) is 10.6. The summed E-state index contributed by atoms with van der Waals surface area (Å²) in [6, 6.07) is 20.8. The number of hydrogen-bond donors (Lipinski definition) is 3. The van der Waals surface area contributed by atoms with Crippen LogP contribution in [0.1, 0.15) is 12.1 Å². The lowest BCUT2D eigenvalue weighted by Crippen LogP contribution is -2.24. The van der Waals surface area contributed by atoms with E-state index < -0.39 is 0 Å². The molecule has 0 saturated carbocycles. The number of aromatic nitrogens is 1. The van der Waals surface area contributed by atoms with Gasteiger partial charge in [-0.2, -0.15) is 5.26 Å². The van der Waals surface area contributed by atoms with Gasteiger partial charge in [-0.15, -0.1) is 0 Å². The molecule has 4 aromatic rings. The van der Waals surface area contributed by atoms with E-state index in [4.69, 9.17) is 37.4 Å². The molecule has 4 rings (SSSR count). The Hall–Kier alpha value is -3.90. The van der Waals surface area contributed by atoms with Crippen molar-refractivity contribution in [3.63, 3.8) is 0 Å². The van der Waals surface area contributed by atoms with E-state index in [-0.39, 0.29) is 5.69 Å². The van der Waals surface area contributed by atoms with Crippen LogP contribution in [0, 0.1) is 11.3 Å². The monoisotopic (exact) mass is 565 g/mol. The Morgan fingerprint density at radius 2 is 1.64 bits per heavy atom. The van der Waals surface area contributed by atoms with E-state index >= 15 is 0 Å². The molecule has 10 heteroatoms. The summed E-state index contributed by atoms with van der Waals surface area (Å²) in [6.07, 6.45) is 0.807. The van der Waals surface area contributed by atoms with E-state index in [0.29, 0.717) is 50.8 Å². The first-order chi connectivity index (χ1) is 19.0. The van der Waals surface area contributed by atoms with Crippen LogP contribution in [0.4, 0.5) is 17.1 Å². The van der Waals surface area contributed by atoms with Gasteiger partial charge in [0.1, 0.15) is 17.5 Å². The highest BCUT2D eigenvalue weighted by molar-refractivity contribution is 6.37. The van der Waals surface area contributed by atoms with Crippen LogP contribution < -0.4 is 30.2 Å². The van der Waals surface area contributed by atoms with Crippen LogP contribution >= 0.6 is 23.2 Å². The van der Waals surface area contributed by atoms with E-state index in [9.17, 15) is 5.26 Å². The fourth-order valence-electron chi connectivity index (χ4n) is 3.95. The zero-order chi connectivity index (χ0) is 27.6. The van der Waals surface area contributed by atoms with Crippen molar-refractivity contribution in [3.8, 4) is 23.3 Å². The van der Waals surface area contributed by atoms with Crippen molar-refractivity contribution in [1.29, 1.82) is 5.26 Å². The highest BCUT2D eigenvalue weighted by atomic mass is 35.5. The van der Waals surface area contributed by atoms with Gasteiger partial charge in [0.2, 0.25) is 0 Å². The fourth-order valence-corrected chi connectivity index (χ4v) is 4.46. The first kappa shape index (κ1) is 28.1. The molecule has 202 valence electrons. The van der Waals surface area contributed by atoms with Gasteiger partial charge in [-0.05, 0) is 43.3 Å². The second kappa shape index (κ2) is 13.8. The van der Waals surface area contributed by atoms with Crippen molar-refractivity contribution in [2.24, 2.45) is 0 Å². The first-order valence-corrected chi connectivity index (χ1v) is 13.1. The predicted molar refractivity (Wildman–Crippen MR) is 157 cm³/mol. The second-order valence-corrected chi connectivity index (χ2v) is 9.34. The fraction of sp³-hybridized carbons (Fsp3) is 0.241. The van der Waals surface area contributed by atoms with Crippen LogP contribution in [0.2, 0.25) is 10.0 Å². The van der Waals surface area contributed by atoms with Crippen molar-refractivity contribution in [2.45, 2.75) is 6.42 Å². The number of para-hydroxylation sites is 1. The minimum absolute atomic E-state index is 0.242. The maximum absolute atomic E-state index is 9.59. The summed E-state index contributed by atoms with van der Waals surface area (Å²) in [5, 5.41) is 21.2. The molecular formula is C29H29Cl2N5O3. The van der Waals surface area contributed by atoms with Crippen molar-refractivity contribution < 1.29 is 14.2 Å². The average Bonchev–Trinajstić information content (AvgIpc) is 2.95. The van der Waals surface area contributed by atoms with Crippen LogP contribution in [0.3, 0.4) is 0 Å². The molecule has 8 nitrogen and oxygen atoms in total. The highest BCUT2D eigenvalue weighted by Gasteiger charge is 2.15. The SMILES string of the molecule is COc1cc(Nc2cc(C#N)nc3cc(OCCCNCCNc4ccccc4)c(OC)cc23)c(Cl)cc1Cl. The maximum atomic E-state index is 9.59. The summed E-state index contributed by atoms with van der Waals surface area (Å²) in [5.74, 6) is 1.57. The van der Waals surface area contributed by atoms with Crippen LogP contribution in [0.25, 0.3) is 10.9 Å². The Bertz CT molecular complexity index is 1460. The highest BCUT2D eigenvalue weighted by Crippen LogP contribution is 2.39. The number of nitrogens with one attached hydrogen (secondary N) is 3. The number of halogens is 2. The number of fused-ring (bicyclic) bond motifs is 1. The molecule has 0 aliphatic rings. The molecule has 3 aromatic carbocycles. The minimum atomic E-state index is 0.242. The number of pyridine rings is 1. The zero-order valence-electron chi connectivity index (χ0n) is 21.7. The topological polar surface area (TPSA) is 100 Å². The number of nitriles is 1. The van der Waals surface area contributed by atoms with Gasteiger partial charge in [0.25, 0.3) is 0 Å². The third-order valence-corrected chi connectivity index (χ3v) is 6.49. The molecule has 0 fully saturated rings. The van der Waals surface area contributed by atoms with E-state index in [0.717, 1.165) is 37.1 Å². The van der Waals surface area contributed by atoms with Crippen LogP contribution in [0.15, 0.2) is 60.7 Å². The first-order valence-electron chi connectivity index (χ1n) is 12.4. The quantitative estimate of drug-likeness (QED) is 0.155. The molecule has 0 amide bonds. The van der Waals surface area contributed by atoms with E-state index in [2.05, 4.69) is 27.0 Å². The number of benzene rings is 3. The van der Waals surface area contributed by atoms with Gasteiger partial charge in [-0.1, -0.05) is 41.4 Å². The molecule has 0 radical (unpaired) electrons. The predicted octanol–water partition coefficient (Wildman–Crippen LogP) is 6.64. The van der Waals surface area contributed by atoms with Crippen molar-refractivity contribution in [2.75, 3.05) is 51.1 Å². The Labute approximate surface area is 237 Å². The third-order valence-electron chi connectivity index (χ3n) is 5.88. The molecule has 0 spiro atoms. The van der Waals surface area contributed by atoms with E-state index in [1.165, 1.54) is 7.11 Å². The number of hydrogen-bond acceptors (Lipinski definition) is 8. The molecule has 0 unspecified atom stereocenters. The standard InChI is InChI=1S/C29H29Cl2N5O3/c1-37-27-17-26(22(30)15-23(27)31)36-24-13-20(18-32)35-25-16-29(28(38-2)14-21(24)25)39-12-6-9-33-10-11-34-19-7-4-3-5-8-19/h3-5,7-8,13-17,33-34H,6,9-12H2,1-2H3,(H,35,36). The molecule has 3 N–H and O–H groups in total. The number of anilines is 3. The Kier molecular flexibility index (Phi) is 9.92. The summed E-state index contributed by atoms with van der Waals surface area (Å²) in [7, 11) is 3.11. The third kappa shape index (κ3) is 7.36. The molecule has 1 heterocycles. The molecule has 0 saturated heterocycles. The van der Waals surface area contributed by atoms with Crippen molar-refractivity contribution in [3.05, 3.63) is 76.4 Å². The van der Waals surface area contributed by atoms with Gasteiger partial charge in [0, 0.05) is 36.3 Å². The summed E-state index contributed by atoms with van der Waals surface area (Å²) >= 11 is 12.6. The molecule has 39 heavy (non-hydrogen) atoms. The van der Waals surface area contributed by atoms with Crippen molar-refractivity contribution in [1.82, 2.24) is 10.3 Å². The Balaban J connectivity index is 1.42.